The van der Waals surface area contributed by atoms with Gasteiger partial charge in [-0.1, -0.05) is 0 Å². The number of rotatable bonds is 3. The normalized spacial score (nSPS) is 30.8. The van der Waals surface area contributed by atoms with E-state index in [1.165, 1.54) is 0 Å². The second-order valence-corrected chi connectivity index (χ2v) is 9.08. The summed E-state index contributed by atoms with van der Waals surface area (Å²) >= 11 is 5.14. The van der Waals surface area contributed by atoms with Crippen LogP contribution in [-0.4, -0.2) is 51.2 Å². The van der Waals surface area contributed by atoms with Gasteiger partial charge in [0.05, 0.1) is 17.1 Å². The molecule has 0 spiro atoms. The van der Waals surface area contributed by atoms with E-state index < -0.39 is 5.92 Å². The van der Waals surface area contributed by atoms with Gasteiger partial charge in [0.2, 0.25) is 11.8 Å². The van der Waals surface area contributed by atoms with E-state index in [4.69, 9.17) is 12.2 Å². The van der Waals surface area contributed by atoms with Crippen LogP contribution in [0.5, 0.6) is 0 Å². The van der Waals surface area contributed by atoms with Gasteiger partial charge in [0.25, 0.3) is 0 Å². The van der Waals surface area contributed by atoms with E-state index in [0.29, 0.717) is 0 Å². The second kappa shape index (κ2) is 5.88. The SMILES string of the molecule is CC1(C)CC(N=CC2C(=O)NC(=S)N(C3CC3)C2=O)CC(C)(C)[NH2+]1. The molecule has 2 amide bonds. The molecule has 3 fully saturated rings. The fraction of sp³-hybridized carbons (Fsp3) is 0.765. The molecule has 7 heteroatoms. The van der Waals surface area contributed by atoms with Gasteiger partial charge >= 0.3 is 0 Å². The number of thiocarbonyl (C=S) groups is 1. The van der Waals surface area contributed by atoms with Crippen LogP contribution in [0.2, 0.25) is 0 Å². The topological polar surface area (TPSA) is 78.4 Å². The molecule has 1 saturated carbocycles. The van der Waals surface area contributed by atoms with Gasteiger partial charge in [0, 0.05) is 25.1 Å². The number of nitrogens with two attached hydrogens (primary N) is 1. The summed E-state index contributed by atoms with van der Waals surface area (Å²) in [5, 5.41) is 5.28. The third-order valence-electron chi connectivity index (χ3n) is 4.90. The smallest absolute Gasteiger partial charge is 0.247 e. The Morgan fingerprint density at radius 1 is 1.21 bits per heavy atom. The Bertz CT molecular complexity index is 594. The average Bonchev–Trinajstić information content (AvgIpc) is 3.18. The molecule has 0 aromatic carbocycles. The summed E-state index contributed by atoms with van der Waals surface area (Å²) in [4.78, 5) is 31.0. The first-order valence-electron chi connectivity index (χ1n) is 8.66. The van der Waals surface area contributed by atoms with Crippen molar-refractivity contribution in [3.63, 3.8) is 0 Å². The number of nitrogens with zero attached hydrogens (tertiary/aromatic N) is 2. The van der Waals surface area contributed by atoms with Crippen molar-refractivity contribution in [3.05, 3.63) is 0 Å². The summed E-state index contributed by atoms with van der Waals surface area (Å²) in [6.45, 7) is 8.84. The zero-order chi connectivity index (χ0) is 17.7. The van der Waals surface area contributed by atoms with E-state index >= 15 is 0 Å². The number of carbonyl (C=O) groups is 2. The van der Waals surface area contributed by atoms with Crippen molar-refractivity contribution in [2.24, 2.45) is 10.9 Å². The highest BCUT2D eigenvalue weighted by Gasteiger charge is 2.45. The highest BCUT2D eigenvalue weighted by atomic mass is 32.1. The summed E-state index contributed by atoms with van der Waals surface area (Å²) in [7, 11) is 0. The third kappa shape index (κ3) is 3.67. The Labute approximate surface area is 148 Å². The van der Waals surface area contributed by atoms with Gasteiger partial charge in [-0.2, -0.15) is 0 Å². The molecule has 6 nitrogen and oxygen atoms in total. The van der Waals surface area contributed by atoms with Crippen LogP contribution in [-0.2, 0) is 9.59 Å². The minimum Gasteiger partial charge on any atom is -0.337 e. The fourth-order valence-corrected chi connectivity index (χ4v) is 4.53. The van der Waals surface area contributed by atoms with Crippen molar-refractivity contribution in [1.29, 1.82) is 0 Å². The quantitative estimate of drug-likeness (QED) is 0.438. The summed E-state index contributed by atoms with van der Waals surface area (Å²) in [6.07, 6.45) is 5.32. The Kier molecular flexibility index (Phi) is 4.28. The number of hydrogen-bond donors (Lipinski definition) is 2. The molecule has 2 aliphatic heterocycles. The fourth-order valence-electron chi connectivity index (χ4n) is 4.19. The van der Waals surface area contributed by atoms with Crippen LogP contribution in [0.25, 0.3) is 0 Å². The van der Waals surface area contributed by atoms with Gasteiger partial charge in [-0.25, -0.2) is 0 Å². The van der Waals surface area contributed by atoms with Crippen LogP contribution in [0.1, 0.15) is 53.4 Å². The number of aliphatic imine (C=N–C) groups is 1. The summed E-state index contributed by atoms with van der Waals surface area (Å²) in [5.41, 5.74) is 0.203. The minimum absolute atomic E-state index is 0.101. The first-order chi connectivity index (χ1) is 11.1. The maximum absolute atomic E-state index is 12.6. The molecule has 0 bridgehead atoms. The molecular weight excluding hydrogens is 324 g/mol. The van der Waals surface area contributed by atoms with E-state index in [1.807, 2.05) is 0 Å². The van der Waals surface area contributed by atoms with Crippen LogP contribution in [0.4, 0.5) is 0 Å². The van der Waals surface area contributed by atoms with Gasteiger partial charge in [-0.05, 0) is 52.8 Å². The molecule has 0 radical (unpaired) electrons. The van der Waals surface area contributed by atoms with E-state index in [9.17, 15) is 9.59 Å². The van der Waals surface area contributed by atoms with Gasteiger partial charge in [-0.3, -0.25) is 19.5 Å². The number of piperidine rings is 1. The molecule has 1 unspecified atom stereocenters. The van der Waals surface area contributed by atoms with E-state index in [2.05, 4.69) is 43.3 Å². The Morgan fingerprint density at radius 3 is 2.33 bits per heavy atom. The van der Waals surface area contributed by atoms with Gasteiger partial charge in [-0.15, -0.1) is 0 Å². The first kappa shape index (κ1) is 17.5. The van der Waals surface area contributed by atoms with Crippen molar-refractivity contribution < 1.29 is 14.9 Å². The lowest BCUT2D eigenvalue weighted by Crippen LogP contribution is -3.05. The van der Waals surface area contributed by atoms with Crippen molar-refractivity contribution in [1.82, 2.24) is 10.2 Å². The van der Waals surface area contributed by atoms with Crippen LogP contribution in [0.15, 0.2) is 4.99 Å². The molecule has 1 aliphatic carbocycles. The van der Waals surface area contributed by atoms with Crippen LogP contribution in [0.3, 0.4) is 0 Å². The number of quaternary nitrogens is 1. The Balaban J connectivity index is 1.74. The van der Waals surface area contributed by atoms with Crippen LogP contribution in [0, 0.1) is 5.92 Å². The molecule has 3 rings (SSSR count). The maximum Gasteiger partial charge on any atom is 0.247 e. The van der Waals surface area contributed by atoms with Crippen molar-refractivity contribution in [2.45, 2.75) is 76.5 Å². The predicted molar refractivity (Wildman–Crippen MR) is 95.7 cm³/mol. The maximum atomic E-state index is 12.6. The average molecular weight is 351 g/mol. The molecule has 0 aromatic rings. The largest absolute Gasteiger partial charge is 0.337 e. The van der Waals surface area contributed by atoms with Gasteiger partial charge in [0.1, 0.15) is 0 Å². The second-order valence-electron chi connectivity index (χ2n) is 8.69. The molecule has 2 heterocycles. The molecule has 2 saturated heterocycles. The molecule has 3 N–H and O–H groups in total. The minimum atomic E-state index is -0.852. The highest BCUT2D eigenvalue weighted by molar-refractivity contribution is 7.80. The molecule has 132 valence electrons. The number of carbonyl (C=O) groups excluding carboxylic acids is 2. The van der Waals surface area contributed by atoms with Gasteiger partial charge < -0.3 is 10.6 Å². The summed E-state index contributed by atoms with van der Waals surface area (Å²) in [5.74, 6) is -1.43. The summed E-state index contributed by atoms with van der Waals surface area (Å²) < 4.78 is 0. The van der Waals surface area contributed by atoms with Crippen molar-refractivity contribution >= 4 is 35.4 Å². The lowest BCUT2D eigenvalue weighted by atomic mass is 9.80. The third-order valence-corrected chi connectivity index (χ3v) is 5.20. The number of amides is 2. The zero-order valence-corrected chi connectivity index (χ0v) is 15.7. The predicted octanol–water partition coefficient (Wildman–Crippen LogP) is 0.362. The lowest BCUT2D eigenvalue weighted by Gasteiger charge is -2.41. The van der Waals surface area contributed by atoms with E-state index in [1.54, 1.807) is 11.1 Å². The van der Waals surface area contributed by atoms with Crippen molar-refractivity contribution in [3.8, 4) is 0 Å². The summed E-state index contributed by atoms with van der Waals surface area (Å²) in [6, 6.07) is 0.285. The number of hydrogen-bond acceptors (Lipinski definition) is 4. The first-order valence-corrected chi connectivity index (χ1v) is 9.07. The zero-order valence-electron chi connectivity index (χ0n) is 14.8. The lowest BCUT2D eigenvalue weighted by molar-refractivity contribution is -0.787. The van der Waals surface area contributed by atoms with E-state index in [-0.39, 0.29) is 40.1 Å². The monoisotopic (exact) mass is 351 g/mol. The van der Waals surface area contributed by atoms with Crippen LogP contribution >= 0.6 is 12.2 Å². The van der Waals surface area contributed by atoms with Crippen molar-refractivity contribution in [2.75, 3.05) is 0 Å². The number of nitrogens with one attached hydrogen (secondary N) is 1. The van der Waals surface area contributed by atoms with Crippen LogP contribution < -0.4 is 10.6 Å². The Morgan fingerprint density at radius 2 is 1.79 bits per heavy atom. The molecule has 1 atom stereocenters. The van der Waals surface area contributed by atoms with Gasteiger partial charge in [0.15, 0.2) is 11.0 Å². The standard InChI is InChI=1S/C17H26N4O2S/c1-16(2)7-10(8-17(3,4)20-16)18-9-12-13(22)19-15(24)21(14(12)23)11-5-6-11/h9-12,20H,5-8H2,1-4H3,(H,19,22,24)/p+1. The Hall–Kier alpha value is -1.34. The molecule has 24 heavy (non-hydrogen) atoms. The van der Waals surface area contributed by atoms with E-state index in [0.717, 1.165) is 25.7 Å². The highest BCUT2D eigenvalue weighted by Crippen LogP contribution is 2.30. The molecule has 0 aromatic heterocycles. The molecule has 3 aliphatic rings. The molecular formula is C17H27N4O2S+.